The lowest BCUT2D eigenvalue weighted by Gasteiger charge is -2.25. The van der Waals surface area contributed by atoms with Crippen LogP contribution in [0.4, 0.5) is 0 Å². The van der Waals surface area contributed by atoms with Gasteiger partial charge in [0.05, 0.1) is 18.5 Å². The van der Waals surface area contributed by atoms with E-state index in [9.17, 15) is 34.2 Å². The first-order valence-electron chi connectivity index (χ1n) is 11.1. The molecule has 0 saturated heterocycles. The third kappa shape index (κ3) is 10.5. The van der Waals surface area contributed by atoms with Crippen molar-refractivity contribution >= 4 is 29.7 Å². The van der Waals surface area contributed by atoms with E-state index in [-0.39, 0.29) is 18.8 Å². The Morgan fingerprint density at radius 2 is 1.60 bits per heavy atom. The Bertz CT molecular complexity index is 873. The van der Waals surface area contributed by atoms with Crippen LogP contribution >= 0.6 is 0 Å². The van der Waals surface area contributed by atoms with Crippen LogP contribution < -0.4 is 21.7 Å². The number of imidazole rings is 1. The molecule has 35 heavy (non-hydrogen) atoms. The summed E-state index contributed by atoms with van der Waals surface area (Å²) in [6.07, 6.45) is 0.794. The second-order valence-electron chi connectivity index (χ2n) is 8.64. The summed E-state index contributed by atoms with van der Waals surface area (Å²) in [6, 6.07) is -5.22. The number of aliphatic hydroxyl groups is 1. The van der Waals surface area contributed by atoms with E-state index in [4.69, 9.17) is 10.8 Å². The molecule has 1 aromatic heterocycles. The van der Waals surface area contributed by atoms with E-state index in [1.54, 1.807) is 0 Å². The average molecular weight is 499 g/mol. The largest absolute Gasteiger partial charge is 0.481 e. The molecule has 0 spiro atoms. The van der Waals surface area contributed by atoms with Gasteiger partial charge in [0, 0.05) is 24.7 Å². The van der Waals surface area contributed by atoms with Crippen molar-refractivity contribution in [2.45, 2.75) is 76.7 Å². The summed E-state index contributed by atoms with van der Waals surface area (Å²) in [4.78, 5) is 67.3. The third-order valence-corrected chi connectivity index (χ3v) is 5.00. The first-order chi connectivity index (χ1) is 16.3. The molecule has 0 radical (unpaired) electrons. The number of rotatable bonds is 15. The van der Waals surface area contributed by atoms with Gasteiger partial charge in [-0.1, -0.05) is 13.8 Å². The average Bonchev–Trinajstić information content (AvgIpc) is 3.25. The fourth-order valence-electron chi connectivity index (χ4n) is 3.17. The molecular weight excluding hydrogens is 464 g/mol. The number of carboxylic acid groups (broad SMARTS) is 2. The maximum Gasteiger partial charge on any atom is 0.328 e. The Morgan fingerprint density at radius 1 is 1.00 bits per heavy atom. The number of aliphatic carboxylic acids is 2. The smallest absolute Gasteiger partial charge is 0.328 e. The summed E-state index contributed by atoms with van der Waals surface area (Å²) in [6.45, 7) is 4.90. The fourth-order valence-corrected chi connectivity index (χ4v) is 3.17. The highest BCUT2D eigenvalue weighted by molar-refractivity contribution is 5.94. The normalized spacial score (nSPS) is 15.4. The van der Waals surface area contributed by atoms with Crippen LogP contribution in [0.5, 0.6) is 0 Å². The lowest BCUT2D eigenvalue weighted by Crippen LogP contribution is -2.58. The van der Waals surface area contributed by atoms with Gasteiger partial charge in [-0.3, -0.25) is 19.2 Å². The zero-order valence-corrected chi connectivity index (χ0v) is 19.9. The molecule has 5 atom stereocenters. The van der Waals surface area contributed by atoms with Gasteiger partial charge in [0.15, 0.2) is 6.04 Å². The quantitative estimate of drug-likeness (QED) is 0.134. The standard InChI is InChI=1S/C21H34N6O8/c1-10(2)6-13(22)18(31)25-14(4-5-16(29)30)19(32)26-15(7-12-8-23-9-24-12)20(33)27-17(11(3)28)21(34)35/h8-11,13-15,17,28H,4-7,22H2,1-3H3,(H,23,24)(H,25,31)(H,26,32)(H,27,33)(H,29,30)(H,34,35). The number of hydrogen-bond acceptors (Lipinski definition) is 8. The fraction of sp³-hybridized carbons (Fsp3) is 0.619. The molecule has 0 saturated carbocycles. The molecule has 5 unspecified atom stereocenters. The van der Waals surface area contributed by atoms with Crippen molar-refractivity contribution < 1.29 is 39.3 Å². The minimum absolute atomic E-state index is 0.0978. The van der Waals surface area contributed by atoms with E-state index in [1.807, 2.05) is 13.8 Å². The van der Waals surface area contributed by atoms with E-state index in [0.29, 0.717) is 12.1 Å². The van der Waals surface area contributed by atoms with Crippen LogP contribution in [0.15, 0.2) is 12.5 Å². The first kappa shape index (κ1) is 29.5. The van der Waals surface area contributed by atoms with Gasteiger partial charge in [-0.15, -0.1) is 0 Å². The van der Waals surface area contributed by atoms with Gasteiger partial charge in [0.1, 0.15) is 12.1 Å². The number of hydrogen-bond donors (Lipinski definition) is 8. The van der Waals surface area contributed by atoms with Crippen LogP contribution in [0, 0.1) is 5.92 Å². The van der Waals surface area contributed by atoms with Crippen LogP contribution in [-0.4, -0.2) is 85.2 Å². The molecular formula is C21H34N6O8. The minimum Gasteiger partial charge on any atom is -0.481 e. The number of carbonyl (C=O) groups is 5. The van der Waals surface area contributed by atoms with E-state index in [2.05, 4.69) is 25.9 Å². The number of aliphatic hydroxyl groups excluding tert-OH is 1. The van der Waals surface area contributed by atoms with Crippen molar-refractivity contribution in [2.75, 3.05) is 0 Å². The van der Waals surface area contributed by atoms with Gasteiger partial charge in [-0.2, -0.15) is 0 Å². The van der Waals surface area contributed by atoms with Crippen LogP contribution in [0.25, 0.3) is 0 Å². The van der Waals surface area contributed by atoms with Gasteiger partial charge in [-0.05, 0) is 25.7 Å². The maximum atomic E-state index is 13.0. The number of nitrogens with one attached hydrogen (secondary N) is 4. The molecule has 0 bridgehead atoms. The molecule has 14 nitrogen and oxygen atoms in total. The van der Waals surface area contributed by atoms with Crippen molar-refractivity contribution in [3.63, 3.8) is 0 Å². The molecule has 1 heterocycles. The Labute approximate surface area is 202 Å². The van der Waals surface area contributed by atoms with Crippen LogP contribution in [0.1, 0.15) is 45.7 Å². The number of H-pyrrole nitrogens is 1. The second-order valence-corrected chi connectivity index (χ2v) is 8.64. The minimum atomic E-state index is -1.64. The zero-order valence-electron chi connectivity index (χ0n) is 19.9. The van der Waals surface area contributed by atoms with Gasteiger partial charge >= 0.3 is 11.9 Å². The summed E-state index contributed by atoms with van der Waals surface area (Å²) in [5, 5.41) is 35.0. The number of nitrogens with zero attached hydrogens (tertiary/aromatic N) is 1. The lowest BCUT2D eigenvalue weighted by molar-refractivity contribution is -0.145. The van der Waals surface area contributed by atoms with Gasteiger partial charge < -0.3 is 42.0 Å². The first-order valence-corrected chi connectivity index (χ1v) is 11.1. The van der Waals surface area contributed by atoms with E-state index in [0.717, 1.165) is 0 Å². The molecule has 0 aliphatic heterocycles. The molecule has 1 rings (SSSR count). The van der Waals surface area contributed by atoms with E-state index < -0.39 is 66.4 Å². The van der Waals surface area contributed by atoms with Crippen molar-refractivity contribution in [1.82, 2.24) is 25.9 Å². The summed E-state index contributed by atoms with van der Waals surface area (Å²) < 4.78 is 0. The SMILES string of the molecule is CC(C)CC(N)C(=O)NC(CCC(=O)O)C(=O)NC(Cc1cnc[nH]1)C(=O)NC(C(=O)O)C(C)O. The molecule has 3 amide bonds. The third-order valence-electron chi connectivity index (χ3n) is 5.00. The highest BCUT2D eigenvalue weighted by atomic mass is 16.4. The van der Waals surface area contributed by atoms with Gasteiger partial charge in [-0.25, -0.2) is 9.78 Å². The summed E-state index contributed by atoms with van der Waals surface area (Å²) in [5.74, 6) is -5.01. The number of aromatic nitrogens is 2. The summed E-state index contributed by atoms with van der Waals surface area (Å²) in [5.41, 5.74) is 6.29. The lowest BCUT2D eigenvalue weighted by atomic mass is 10.0. The van der Waals surface area contributed by atoms with Gasteiger partial charge in [0.25, 0.3) is 0 Å². The number of aromatic amines is 1. The highest BCUT2D eigenvalue weighted by Gasteiger charge is 2.32. The van der Waals surface area contributed by atoms with E-state index >= 15 is 0 Å². The molecule has 9 N–H and O–H groups in total. The van der Waals surface area contributed by atoms with Crippen molar-refractivity contribution in [2.24, 2.45) is 11.7 Å². The van der Waals surface area contributed by atoms with Crippen LogP contribution in [0.3, 0.4) is 0 Å². The monoisotopic (exact) mass is 498 g/mol. The van der Waals surface area contributed by atoms with Crippen LogP contribution in [0.2, 0.25) is 0 Å². The Balaban J connectivity index is 3.08. The zero-order chi connectivity index (χ0) is 26.7. The second kappa shape index (κ2) is 14.0. The summed E-state index contributed by atoms with van der Waals surface area (Å²) in [7, 11) is 0. The number of amides is 3. The van der Waals surface area contributed by atoms with Crippen molar-refractivity contribution in [1.29, 1.82) is 0 Å². The van der Waals surface area contributed by atoms with Crippen molar-refractivity contribution in [3.05, 3.63) is 18.2 Å². The molecule has 196 valence electrons. The molecule has 0 aliphatic rings. The summed E-state index contributed by atoms with van der Waals surface area (Å²) >= 11 is 0. The molecule has 0 fully saturated rings. The molecule has 0 aliphatic carbocycles. The Kier molecular flexibility index (Phi) is 11.8. The maximum absolute atomic E-state index is 13.0. The molecule has 0 aromatic carbocycles. The highest BCUT2D eigenvalue weighted by Crippen LogP contribution is 2.07. The van der Waals surface area contributed by atoms with Gasteiger partial charge in [0.2, 0.25) is 17.7 Å². The predicted molar refractivity (Wildman–Crippen MR) is 122 cm³/mol. The number of carboxylic acids is 2. The Morgan fingerprint density at radius 3 is 2.09 bits per heavy atom. The predicted octanol–water partition coefficient (Wildman–Crippen LogP) is -1.89. The molecule has 14 heteroatoms. The van der Waals surface area contributed by atoms with Crippen molar-refractivity contribution in [3.8, 4) is 0 Å². The number of nitrogens with two attached hydrogens (primary N) is 1. The Hall–Kier alpha value is -3.52. The molecule has 1 aromatic rings. The van der Waals surface area contributed by atoms with E-state index in [1.165, 1.54) is 19.4 Å². The number of carbonyl (C=O) groups excluding carboxylic acids is 3. The topological polar surface area (TPSA) is 237 Å². The van der Waals surface area contributed by atoms with Crippen LogP contribution in [-0.2, 0) is 30.4 Å².